The zero-order chi connectivity index (χ0) is 21.8. The van der Waals surface area contributed by atoms with Gasteiger partial charge < -0.3 is 4.90 Å². The predicted molar refractivity (Wildman–Crippen MR) is 106 cm³/mol. The summed E-state index contributed by atoms with van der Waals surface area (Å²) in [5.41, 5.74) is 2.36. The van der Waals surface area contributed by atoms with Gasteiger partial charge in [-0.15, -0.1) is 0 Å². The molecule has 0 atom stereocenters. The van der Waals surface area contributed by atoms with Gasteiger partial charge in [0.25, 0.3) is 0 Å². The number of carbonyl (C=O) groups is 1. The molecule has 0 saturated heterocycles. The molecule has 0 fully saturated rings. The average molecular weight is 440 g/mol. The molecule has 0 aliphatic carbocycles. The lowest BCUT2D eigenvalue weighted by Crippen LogP contribution is -2.43. The average Bonchev–Trinajstić information content (AvgIpc) is 2.72. The summed E-state index contributed by atoms with van der Waals surface area (Å²) in [4.78, 5) is 12.2. The summed E-state index contributed by atoms with van der Waals surface area (Å²) in [6.07, 6.45) is -2.35. The van der Waals surface area contributed by atoms with Crippen LogP contribution in [0.3, 0.4) is 0 Å². The third-order valence-electron chi connectivity index (χ3n) is 5.06. The van der Waals surface area contributed by atoms with Crippen LogP contribution >= 0.6 is 0 Å². The van der Waals surface area contributed by atoms with Crippen LogP contribution < -0.4 is 4.72 Å². The first-order valence-corrected chi connectivity index (χ1v) is 11.2. The Morgan fingerprint density at radius 1 is 1.03 bits per heavy atom. The van der Waals surface area contributed by atoms with Gasteiger partial charge in [0.2, 0.25) is 10.0 Å². The quantitative estimate of drug-likeness (QED) is 0.671. The number of nitrogens with one attached hydrogen (secondary N) is 1. The summed E-state index contributed by atoms with van der Waals surface area (Å²) >= 11 is 0. The highest BCUT2D eigenvalue weighted by Gasteiger charge is 2.43. The third kappa shape index (κ3) is 5.60. The van der Waals surface area contributed by atoms with Crippen molar-refractivity contribution in [1.29, 1.82) is 0 Å². The zero-order valence-corrected chi connectivity index (χ0v) is 17.1. The summed E-state index contributed by atoms with van der Waals surface area (Å²) in [5, 5.41) is 0. The summed E-state index contributed by atoms with van der Waals surface area (Å²) < 4.78 is 65.7. The fraction of sp³-hybridized carbons (Fsp3) is 0.381. The summed E-state index contributed by atoms with van der Waals surface area (Å²) in [7, 11) is -3.78. The summed E-state index contributed by atoms with van der Waals surface area (Å²) in [6, 6.07) is 14.3. The van der Waals surface area contributed by atoms with E-state index in [2.05, 4.69) is 4.72 Å². The van der Waals surface area contributed by atoms with Crippen molar-refractivity contribution in [3.05, 3.63) is 65.2 Å². The Morgan fingerprint density at radius 2 is 1.77 bits per heavy atom. The molecule has 0 radical (unpaired) electrons. The number of unbranched alkanes of at least 4 members (excludes halogenated alkanes) is 1. The highest BCUT2D eigenvalue weighted by molar-refractivity contribution is 7.89. The Labute approximate surface area is 173 Å². The van der Waals surface area contributed by atoms with Crippen molar-refractivity contribution in [3.63, 3.8) is 0 Å². The monoisotopic (exact) mass is 440 g/mol. The molecule has 9 heteroatoms. The smallest absolute Gasteiger partial charge is 0.330 e. The second-order valence-electron chi connectivity index (χ2n) is 7.25. The number of aryl methyl sites for hydroxylation is 1. The van der Waals surface area contributed by atoms with Gasteiger partial charge in [0, 0.05) is 19.6 Å². The number of rotatable bonds is 7. The van der Waals surface area contributed by atoms with Gasteiger partial charge in [-0.2, -0.15) is 13.2 Å². The molecule has 1 amide bonds. The number of amides is 1. The van der Waals surface area contributed by atoms with Crippen LogP contribution in [0.2, 0.25) is 0 Å². The molecule has 1 N–H and O–H groups in total. The molecule has 0 spiro atoms. The van der Waals surface area contributed by atoms with Crippen molar-refractivity contribution in [2.24, 2.45) is 0 Å². The number of nitrogens with zero attached hydrogens (tertiary/aromatic N) is 1. The maximum absolute atomic E-state index is 12.7. The Bertz CT molecular complexity index is 992. The van der Waals surface area contributed by atoms with Crippen molar-refractivity contribution in [2.75, 3.05) is 13.1 Å². The maximum Gasteiger partial charge on any atom is 0.471 e. The minimum absolute atomic E-state index is 0.00869. The molecule has 1 heterocycles. The number of alkyl halides is 3. The lowest BCUT2D eigenvalue weighted by Gasteiger charge is -2.29. The molecule has 2 aromatic rings. The van der Waals surface area contributed by atoms with E-state index in [4.69, 9.17) is 0 Å². The van der Waals surface area contributed by atoms with E-state index in [1.807, 2.05) is 30.3 Å². The second-order valence-corrected chi connectivity index (χ2v) is 9.01. The van der Waals surface area contributed by atoms with Crippen LogP contribution in [0, 0.1) is 0 Å². The first kappa shape index (κ1) is 22.3. The van der Waals surface area contributed by atoms with Gasteiger partial charge in [0.15, 0.2) is 0 Å². The van der Waals surface area contributed by atoms with Gasteiger partial charge >= 0.3 is 12.1 Å². The van der Waals surface area contributed by atoms with E-state index in [1.54, 1.807) is 6.07 Å². The van der Waals surface area contributed by atoms with Crippen LogP contribution in [0.25, 0.3) is 0 Å². The first-order valence-electron chi connectivity index (χ1n) is 9.68. The van der Waals surface area contributed by atoms with E-state index < -0.39 is 22.1 Å². The van der Waals surface area contributed by atoms with Gasteiger partial charge in [-0.3, -0.25) is 4.79 Å². The number of hydrogen-bond donors (Lipinski definition) is 1. The van der Waals surface area contributed by atoms with Crippen LogP contribution in [0.15, 0.2) is 53.4 Å². The van der Waals surface area contributed by atoms with Crippen LogP contribution in [0.1, 0.15) is 29.5 Å². The molecule has 0 saturated carbocycles. The molecule has 0 unspecified atom stereocenters. The molecule has 162 valence electrons. The molecule has 3 rings (SSSR count). The SMILES string of the molecule is O=C(N1CCc2ccc(S(=O)(=O)NCCCCc3ccccc3)cc2C1)C(F)(F)F. The van der Waals surface area contributed by atoms with Crippen molar-refractivity contribution in [2.45, 2.75) is 43.3 Å². The van der Waals surface area contributed by atoms with E-state index in [1.165, 1.54) is 17.7 Å². The van der Waals surface area contributed by atoms with Crippen molar-refractivity contribution >= 4 is 15.9 Å². The van der Waals surface area contributed by atoms with Crippen LogP contribution in [-0.4, -0.2) is 38.5 Å². The van der Waals surface area contributed by atoms with Crippen molar-refractivity contribution in [1.82, 2.24) is 9.62 Å². The largest absolute Gasteiger partial charge is 0.471 e. The first-order chi connectivity index (χ1) is 14.2. The van der Waals surface area contributed by atoms with Gasteiger partial charge in [0.05, 0.1) is 4.90 Å². The van der Waals surface area contributed by atoms with Gasteiger partial charge in [-0.05, 0) is 54.5 Å². The molecule has 0 bridgehead atoms. The van der Waals surface area contributed by atoms with E-state index in [0.29, 0.717) is 16.9 Å². The Hall–Kier alpha value is -2.39. The Morgan fingerprint density at radius 3 is 2.47 bits per heavy atom. The fourth-order valence-electron chi connectivity index (χ4n) is 3.44. The zero-order valence-electron chi connectivity index (χ0n) is 16.3. The highest BCUT2D eigenvalue weighted by Crippen LogP contribution is 2.26. The predicted octanol–water partition coefficient (Wildman–Crippen LogP) is 3.43. The molecule has 0 aromatic heterocycles. The summed E-state index contributed by atoms with van der Waals surface area (Å²) in [5.74, 6) is -1.90. The van der Waals surface area contributed by atoms with E-state index in [-0.39, 0.29) is 31.0 Å². The number of benzene rings is 2. The molecular weight excluding hydrogens is 417 g/mol. The molecular formula is C21H23F3N2O3S. The molecule has 2 aromatic carbocycles. The standard InChI is InChI=1S/C21H23F3N2O3S/c22-21(23,24)20(27)26-13-11-17-9-10-19(14-18(17)15-26)30(28,29)25-12-5-4-8-16-6-2-1-3-7-16/h1-3,6-7,9-10,14,25H,4-5,8,11-13,15H2. The van der Waals surface area contributed by atoms with E-state index in [0.717, 1.165) is 18.4 Å². The van der Waals surface area contributed by atoms with Crippen molar-refractivity contribution in [3.8, 4) is 0 Å². The Balaban J connectivity index is 1.58. The second kappa shape index (κ2) is 9.18. The van der Waals surface area contributed by atoms with Gasteiger partial charge in [-0.1, -0.05) is 36.4 Å². The van der Waals surface area contributed by atoms with Crippen molar-refractivity contribution < 1.29 is 26.4 Å². The third-order valence-corrected chi connectivity index (χ3v) is 6.52. The number of halogens is 3. The van der Waals surface area contributed by atoms with Crippen LogP contribution in [-0.2, 0) is 34.2 Å². The van der Waals surface area contributed by atoms with E-state index >= 15 is 0 Å². The van der Waals surface area contributed by atoms with Crippen LogP contribution in [0.5, 0.6) is 0 Å². The fourth-order valence-corrected chi connectivity index (χ4v) is 4.57. The number of hydrogen-bond acceptors (Lipinski definition) is 3. The normalized spacial score (nSPS) is 14.4. The Kier molecular flexibility index (Phi) is 6.82. The number of sulfonamides is 1. The topological polar surface area (TPSA) is 66.5 Å². The van der Waals surface area contributed by atoms with E-state index in [9.17, 15) is 26.4 Å². The maximum atomic E-state index is 12.7. The molecule has 1 aliphatic rings. The minimum atomic E-state index is -4.94. The molecule has 1 aliphatic heterocycles. The highest BCUT2D eigenvalue weighted by atomic mass is 32.2. The van der Waals surface area contributed by atoms with Crippen LogP contribution in [0.4, 0.5) is 13.2 Å². The molecule has 30 heavy (non-hydrogen) atoms. The number of carbonyl (C=O) groups excluding carboxylic acids is 1. The lowest BCUT2D eigenvalue weighted by molar-refractivity contribution is -0.186. The van der Waals surface area contributed by atoms with Gasteiger partial charge in [0.1, 0.15) is 0 Å². The lowest BCUT2D eigenvalue weighted by atomic mass is 10.00. The minimum Gasteiger partial charge on any atom is -0.330 e. The number of fused-ring (bicyclic) bond motifs is 1. The van der Waals surface area contributed by atoms with Gasteiger partial charge in [-0.25, -0.2) is 13.1 Å². The summed E-state index contributed by atoms with van der Waals surface area (Å²) in [6.45, 7) is -0.0316. The molecule has 5 nitrogen and oxygen atoms in total.